The van der Waals surface area contributed by atoms with E-state index in [1.807, 2.05) is 0 Å². The maximum Gasteiger partial charge on any atom is 0.155 e. The van der Waals surface area contributed by atoms with E-state index in [0.717, 1.165) is 30.7 Å². The SMILES string of the molecule is CCc1nc([C@H]2CCCN(C3CCNCC3)C2)n[nH]1. The van der Waals surface area contributed by atoms with Crippen molar-refractivity contribution in [3.63, 3.8) is 0 Å². The molecule has 1 atom stereocenters. The summed E-state index contributed by atoms with van der Waals surface area (Å²) in [5.74, 6) is 2.59. The van der Waals surface area contributed by atoms with Crippen LogP contribution >= 0.6 is 0 Å². The van der Waals surface area contributed by atoms with Crippen LogP contribution in [0, 0.1) is 0 Å². The molecule has 3 heterocycles. The lowest BCUT2D eigenvalue weighted by molar-refractivity contribution is 0.121. The van der Waals surface area contributed by atoms with Gasteiger partial charge in [0.2, 0.25) is 0 Å². The largest absolute Gasteiger partial charge is 0.317 e. The fourth-order valence-corrected chi connectivity index (χ4v) is 3.37. The molecule has 19 heavy (non-hydrogen) atoms. The summed E-state index contributed by atoms with van der Waals surface area (Å²) in [6, 6.07) is 0.772. The van der Waals surface area contributed by atoms with Gasteiger partial charge >= 0.3 is 0 Å². The monoisotopic (exact) mass is 263 g/mol. The molecule has 1 aromatic heterocycles. The lowest BCUT2D eigenvalue weighted by atomic mass is 9.94. The maximum absolute atomic E-state index is 4.63. The molecule has 0 aromatic carbocycles. The molecule has 2 saturated heterocycles. The molecule has 5 heteroatoms. The van der Waals surface area contributed by atoms with Gasteiger partial charge in [0.1, 0.15) is 5.82 Å². The molecular formula is C14H25N5. The zero-order valence-electron chi connectivity index (χ0n) is 11.9. The first-order valence-electron chi connectivity index (χ1n) is 7.72. The van der Waals surface area contributed by atoms with E-state index in [1.165, 1.54) is 45.3 Å². The summed E-state index contributed by atoms with van der Waals surface area (Å²) in [6.07, 6.45) is 6.05. The quantitative estimate of drug-likeness (QED) is 0.863. The topological polar surface area (TPSA) is 56.8 Å². The van der Waals surface area contributed by atoms with Crippen molar-refractivity contribution in [1.82, 2.24) is 25.4 Å². The van der Waals surface area contributed by atoms with Gasteiger partial charge in [-0.05, 0) is 45.3 Å². The van der Waals surface area contributed by atoms with E-state index in [-0.39, 0.29) is 0 Å². The number of hydrogen-bond donors (Lipinski definition) is 2. The third-order valence-corrected chi connectivity index (χ3v) is 4.53. The van der Waals surface area contributed by atoms with E-state index in [1.54, 1.807) is 0 Å². The Balaban J connectivity index is 1.63. The van der Waals surface area contributed by atoms with Crippen LogP contribution in [0.1, 0.15) is 50.2 Å². The number of likely N-dealkylation sites (tertiary alicyclic amines) is 1. The Hall–Kier alpha value is -0.940. The van der Waals surface area contributed by atoms with E-state index < -0.39 is 0 Å². The predicted molar refractivity (Wildman–Crippen MR) is 75.2 cm³/mol. The van der Waals surface area contributed by atoms with Crippen molar-refractivity contribution >= 4 is 0 Å². The molecule has 0 spiro atoms. The van der Waals surface area contributed by atoms with Crippen molar-refractivity contribution in [2.24, 2.45) is 0 Å². The number of hydrogen-bond acceptors (Lipinski definition) is 4. The summed E-state index contributed by atoms with van der Waals surface area (Å²) in [5, 5.41) is 10.9. The third-order valence-electron chi connectivity index (χ3n) is 4.53. The molecule has 0 saturated carbocycles. The molecule has 1 aromatic rings. The van der Waals surface area contributed by atoms with E-state index in [2.05, 4.69) is 32.3 Å². The molecule has 2 aliphatic heterocycles. The number of aryl methyl sites for hydroxylation is 1. The Morgan fingerprint density at radius 1 is 1.26 bits per heavy atom. The van der Waals surface area contributed by atoms with Crippen molar-refractivity contribution in [2.45, 2.75) is 51.0 Å². The van der Waals surface area contributed by atoms with Gasteiger partial charge in [0, 0.05) is 24.9 Å². The van der Waals surface area contributed by atoms with E-state index in [0.29, 0.717) is 5.92 Å². The molecule has 0 radical (unpaired) electrons. The molecule has 2 aliphatic rings. The minimum Gasteiger partial charge on any atom is -0.317 e. The molecule has 0 unspecified atom stereocenters. The zero-order valence-corrected chi connectivity index (χ0v) is 11.9. The van der Waals surface area contributed by atoms with Gasteiger partial charge in [-0.15, -0.1) is 0 Å². The molecule has 2 N–H and O–H groups in total. The lowest BCUT2D eigenvalue weighted by Gasteiger charge is -2.39. The van der Waals surface area contributed by atoms with Crippen molar-refractivity contribution in [2.75, 3.05) is 26.2 Å². The van der Waals surface area contributed by atoms with Crippen molar-refractivity contribution < 1.29 is 0 Å². The summed E-state index contributed by atoms with van der Waals surface area (Å²) in [7, 11) is 0. The van der Waals surface area contributed by atoms with E-state index in [9.17, 15) is 0 Å². The molecule has 0 aliphatic carbocycles. The van der Waals surface area contributed by atoms with Crippen LogP contribution in [-0.2, 0) is 6.42 Å². The van der Waals surface area contributed by atoms with Crippen LogP contribution in [-0.4, -0.2) is 52.3 Å². The number of rotatable bonds is 3. The van der Waals surface area contributed by atoms with Gasteiger partial charge in [0.05, 0.1) is 0 Å². The number of H-pyrrole nitrogens is 1. The average Bonchev–Trinajstić information content (AvgIpc) is 2.97. The molecular weight excluding hydrogens is 238 g/mol. The van der Waals surface area contributed by atoms with Gasteiger partial charge < -0.3 is 5.32 Å². The van der Waals surface area contributed by atoms with Crippen LogP contribution in [0.2, 0.25) is 0 Å². The highest BCUT2D eigenvalue weighted by molar-refractivity contribution is 5.01. The molecule has 106 valence electrons. The summed E-state index contributed by atoms with van der Waals surface area (Å²) < 4.78 is 0. The lowest BCUT2D eigenvalue weighted by Crippen LogP contribution is -2.47. The summed E-state index contributed by atoms with van der Waals surface area (Å²) >= 11 is 0. The normalized spacial score (nSPS) is 26.7. The van der Waals surface area contributed by atoms with E-state index in [4.69, 9.17) is 0 Å². The van der Waals surface area contributed by atoms with Gasteiger partial charge in [-0.25, -0.2) is 4.98 Å². The third kappa shape index (κ3) is 2.98. The Morgan fingerprint density at radius 2 is 2.11 bits per heavy atom. The molecule has 0 amide bonds. The second-order valence-electron chi connectivity index (χ2n) is 5.81. The predicted octanol–water partition coefficient (Wildman–Crippen LogP) is 1.30. The number of nitrogens with zero attached hydrogens (tertiary/aromatic N) is 3. The highest BCUT2D eigenvalue weighted by Crippen LogP contribution is 2.27. The summed E-state index contributed by atoms with van der Waals surface area (Å²) in [5.41, 5.74) is 0. The van der Waals surface area contributed by atoms with Crippen LogP contribution in [0.3, 0.4) is 0 Å². The fraction of sp³-hybridized carbons (Fsp3) is 0.857. The summed E-state index contributed by atoms with van der Waals surface area (Å²) in [6.45, 7) is 6.86. The zero-order chi connectivity index (χ0) is 13.1. The second kappa shape index (κ2) is 6.01. The fourth-order valence-electron chi connectivity index (χ4n) is 3.37. The first kappa shape index (κ1) is 13.1. The molecule has 3 rings (SSSR count). The Bertz CT molecular complexity index is 396. The average molecular weight is 263 g/mol. The minimum absolute atomic E-state index is 0.528. The van der Waals surface area contributed by atoms with Crippen LogP contribution in [0.15, 0.2) is 0 Å². The van der Waals surface area contributed by atoms with Crippen molar-refractivity contribution in [1.29, 1.82) is 0 Å². The number of nitrogens with one attached hydrogen (secondary N) is 2. The molecule has 5 nitrogen and oxygen atoms in total. The Kier molecular flexibility index (Phi) is 4.13. The van der Waals surface area contributed by atoms with Crippen molar-refractivity contribution in [3.8, 4) is 0 Å². The summed E-state index contributed by atoms with van der Waals surface area (Å²) in [4.78, 5) is 7.30. The van der Waals surface area contributed by atoms with Crippen molar-refractivity contribution in [3.05, 3.63) is 11.6 Å². The second-order valence-corrected chi connectivity index (χ2v) is 5.81. The van der Waals surface area contributed by atoms with Gasteiger partial charge in [-0.3, -0.25) is 10.00 Å². The van der Waals surface area contributed by atoms with Crippen LogP contribution in [0.5, 0.6) is 0 Å². The first-order valence-corrected chi connectivity index (χ1v) is 7.72. The van der Waals surface area contributed by atoms with Gasteiger partial charge in [0.15, 0.2) is 5.82 Å². The van der Waals surface area contributed by atoms with Gasteiger partial charge in [-0.2, -0.15) is 5.10 Å². The number of aromatic amines is 1. The highest BCUT2D eigenvalue weighted by Gasteiger charge is 2.29. The van der Waals surface area contributed by atoms with Crippen LogP contribution in [0.25, 0.3) is 0 Å². The number of piperidine rings is 2. The highest BCUT2D eigenvalue weighted by atomic mass is 15.2. The molecule has 0 bridgehead atoms. The van der Waals surface area contributed by atoms with Gasteiger partial charge in [-0.1, -0.05) is 6.92 Å². The smallest absolute Gasteiger partial charge is 0.155 e. The van der Waals surface area contributed by atoms with E-state index >= 15 is 0 Å². The van der Waals surface area contributed by atoms with Crippen LogP contribution < -0.4 is 5.32 Å². The van der Waals surface area contributed by atoms with Crippen LogP contribution in [0.4, 0.5) is 0 Å². The number of aromatic nitrogens is 3. The van der Waals surface area contributed by atoms with Gasteiger partial charge in [0.25, 0.3) is 0 Å². The Labute approximate surface area is 115 Å². The maximum atomic E-state index is 4.63. The minimum atomic E-state index is 0.528. The first-order chi connectivity index (χ1) is 9.36. The Morgan fingerprint density at radius 3 is 2.84 bits per heavy atom. The molecule has 2 fully saturated rings. The standard InChI is InChI=1S/C14H25N5/c1-2-13-16-14(18-17-13)11-4-3-9-19(10-11)12-5-7-15-8-6-12/h11-12,15H,2-10H2,1H3,(H,16,17,18)/t11-/m0/s1.